The molecule has 0 aliphatic heterocycles. The number of benzene rings is 1. The second-order valence-electron chi connectivity index (χ2n) is 4.87. The number of aromatic nitrogens is 1. The summed E-state index contributed by atoms with van der Waals surface area (Å²) in [6.07, 6.45) is 3.45. The molecule has 0 aliphatic carbocycles. The monoisotopic (exact) mass is 230 g/mol. The summed E-state index contributed by atoms with van der Waals surface area (Å²) in [6.45, 7) is 6.61. The van der Waals surface area contributed by atoms with Gasteiger partial charge in [0.25, 0.3) is 0 Å². The number of nitrogens with zero attached hydrogens (tertiary/aromatic N) is 1. The molecular formula is C15H22N2. The van der Waals surface area contributed by atoms with E-state index in [1.54, 1.807) is 0 Å². The van der Waals surface area contributed by atoms with Crippen LogP contribution < -0.4 is 5.32 Å². The smallest absolute Gasteiger partial charge is 0.0525 e. The van der Waals surface area contributed by atoms with Gasteiger partial charge in [-0.25, -0.2) is 0 Å². The minimum Gasteiger partial charge on any atom is -0.347 e. The maximum atomic E-state index is 3.25. The van der Waals surface area contributed by atoms with Gasteiger partial charge in [-0.1, -0.05) is 38.5 Å². The molecule has 0 saturated carbocycles. The van der Waals surface area contributed by atoms with Crippen LogP contribution >= 0.6 is 0 Å². The minimum atomic E-state index is 0.730. The third-order valence-electron chi connectivity index (χ3n) is 3.44. The van der Waals surface area contributed by atoms with Gasteiger partial charge in [-0.3, -0.25) is 0 Å². The normalized spacial score (nSPS) is 13.1. The summed E-state index contributed by atoms with van der Waals surface area (Å²) >= 11 is 0. The molecule has 0 saturated heterocycles. The topological polar surface area (TPSA) is 17.0 Å². The van der Waals surface area contributed by atoms with Gasteiger partial charge in [-0.2, -0.15) is 0 Å². The molecule has 2 heteroatoms. The van der Waals surface area contributed by atoms with Crippen molar-refractivity contribution >= 4 is 10.9 Å². The zero-order valence-electron chi connectivity index (χ0n) is 11.0. The van der Waals surface area contributed by atoms with Crippen molar-refractivity contribution in [3.8, 4) is 0 Å². The van der Waals surface area contributed by atoms with Crippen molar-refractivity contribution in [2.45, 2.75) is 33.4 Å². The number of fused-ring (bicyclic) bond motifs is 1. The van der Waals surface area contributed by atoms with Crippen molar-refractivity contribution < 1.29 is 0 Å². The molecule has 0 radical (unpaired) electrons. The molecule has 1 heterocycles. The second-order valence-corrected chi connectivity index (χ2v) is 4.87. The van der Waals surface area contributed by atoms with Crippen molar-refractivity contribution in [3.05, 3.63) is 36.0 Å². The van der Waals surface area contributed by atoms with Crippen LogP contribution in [0.5, 0.6) is 0 Å². The van der Waals surface area contributed by atoms with E-state index < -0.39 is 0 Å². The predicted molar refractivity (Wildman–Crippen MR) is 74.2 cm³/mol. The molecule has 2 nitrogen and oxygen atoms in total. The van der Waals surface area contributed by atoms with E-state index in [0.717, 1.165) is 19.0 Å². The largest absolute Gasteiger partial charge is 0.347 e. The van der Waals surface area contributed by atoms with Crippen molar-refractivity contribution in [3.63, 3.8) is 0 Å². The highest BCUT2D eigenvalue weighted by Crippen LogP contribution is 2.22. The Bertz CT molecular complexity index is 485. The van der Waals surface area contributed by atoms with E-state index in [1.165, 1.54) is 22.9 Å². The molecule has 2 rings (SSSR count). The quantitative estimate of drug-likeness (QED) is 0.833. The predicted octanol–water partition coefficient (Wildman–Crippen LogP) is 3.41. The van der Waals surface area contributed by atoms with Crippen LogP contribution in [0.4, 0.5) is 0 Å². The highest BCUT2D eigenvalue weighted by molar-refractivity contribution is 5.83. The molecule has 2 aromatic rings. The number of para-hydroxylation sites is 1. The first-order valence-corrected chi connectivity index (χ1v) is 6.47. The molecular weight excluding hydrogens is 208 g/mol. The van der Waals surface area contributed by atoms with Crippen LogP contribution in [0.2, 0.25) is 0 Å². The van der Waals surface area contributed by atoms with Gasteiger partial charge in [0, 0.05) is 19.3 Å². The Labute approximate surface area is 104 Å². The van der Waals surface area contributed by atoms with Gasteiger partial charge in [-0.15, -0.1) is 0 Å². The van der Waals surface area contributed by atoms with Crippen LogP contribution in [0.3, 0.4) is 0 Å². The van der Waals surface area contributed by atoms with Crippen LogP contribution in [0.15, 0.2) is 30.5 Å². The first-order valence-electron chi connectivity index (χ1n) is 6.47. The van der Waals surface area contributed by atoms with Gasteiger partial charge in [0.15, 0.2) is 0 Å². The molecule has 17 heavy (non-hydrogen) atoms. The summed E-state index contributed by atoms with van der Waals surface area (Å²) in [5.41, 5.74) is 2.78. The van der Waals surface area contributed by atoms with Gasteiger partial charge in [0.05, 0.1) is 5.52 Å². The summed E-state index contributed by atoms with van der Waals surface area (Å²) in [5.74, 6) is 0.730. The average Bonchev–Trinajstić information content (AvgIpc) is 2.74. The zero-order valence-corrected chi connectivity index (χ0v) is 11.0. The van der Waals surface area contributed by atoms with Gasteiger partial charge >= 0.3 is 0 Å². The molecule has 1 N–H and O–H groups in total. The van der Waals surface area contributed by atoms with Crippen LogP contribution in [-0.2, 0) is 13.1 Å². The minimum absolute atomic E-state index is 0.730. The Kier molecular flexibility index (Phi) is 3.85. The number of hydrogen-bond donors (Lipinski definition) is 1. The fourth-order valence-electron chi connectivity index (χ4n) is 2.29. The lowest BCUT2D eigenvalue weighted by atomic mass is 10.1. The summed E-state index contributed by atoms with van der Waals surface area (Å²) in [5, 5.41) is 4.60. The fraction of sp³-hybridized carbons (Fsp3) is 0.467. The van der Waals surface area contributed by atoms with Crippen molar-refractivity contribution in [1.82, 2.24) is 9.88 Å². The molecule has 0 bridgehead atoms. The number of rotatable bonds is 5. The Hall–Kier alpha value is -1.28. The maximum Gasteiger partial charge on any atom is 0.0525 e. The Morgan fingerprint density at radius 1 is 1.29 bits per heavy atom. The van der Waals surface area contributed by atoms with E-state index in [1.807, 2.05) is 7.05 Å². The number of nitrogens with one attached hydrogen (secondary N) is 1. The van der Waals surface area contributed by atoms with Crippen molar-refractivity contribution in [2.24, 2.45) is 5.92 Å². The molecule has 92 valence electrons. The first-order chi connectivity index (χ1) is 8.26. The van der Waals surface area contributed by atoms with E-state index in [2.05, 4.69) is 54.2 Å². The molecule has 1 aromatic carbocycles. The zero-order chi connectivity index (χ0) is 12.3. The van der Waals surface area contributed by atoms with Crippen molar-refractivity contribution in [1.29, 1.82) is 0 Å². The van der Waals surface area contributed by atoms with E-state index in [9.17, 15) is 0 Å². The standard InChI is InChI=1S/C15H22N2/c1-4-12(2)11-17-9-8-13-6-5-7-14(10-16-3)15(13)17/h5-9,12,16H,4,10-11H2,1-3H3. The summed E-state index contributed by atoms with van der Waals surface area (Å²) in [4.78, 5) is 0. The Balaban J connectivity index is 2.42. The van der Waals surface area contributed by atoms with E-state index in [4.69, 9.17) is 0 Å². The molecule has 0 fully saturated rings. The molecule has 0 amide bonds. The second kappa shape index (κ2) is 5.37. The van der Waals surface area contributed by atoms with E-state index in [0.29, 0.717) is 0 Å². The SMILES string of the molecule is CCC(C)Cn1ccc2cccc(CNC)c21. The average molecular weight is 230 g/mol. The summed E-state index contributed by atoms with van der Waals surface area (Å²) in [7, 11) is 2.00. The van der Waals surface area contributed by atoms with Gasteiger partial charge < -0.3 is 9.88 Å². The van der Waals surface area contributed by atoms with Gasteiger partial charge in [0.2, 0.25) is 0 Å². The third kappa shape index (κ3) is 2.52. The van der Waals surface area contributed by atoms with Gasteiger partial charge in [-0.05, 0) is 30.0 Å². The third-order valence-corrected chi connectivity index (χ3v) is 3.44. The molecule has 0 aliphatic rings. The van der Waals surface area contributed by atoms with Crippen molar-refractivity contribution in [2.75, 3.05) is 7.05 Å². The lowest BCUT2D eigenvalue weighted by Crippen LogP contribution is -2.10. The molecule has 0 spiro atoms. The van der Waals surface area contributed by atoms with E-state index in [-0.39, 0.29) is 0 Å². The molecule has 1 unspecified atom stereocenters. The fourth-order valence-corrected chi connectivity index (χ4v) is 2.29. The number of hydrogen-bond acceptors (Lipinski definition) is 1. The van der Waals surface area contributed by atoms with Crippen LogP contribution in [0.25, 0.3) is 10.9 Å². The van der Waals surface area contributed by atoms with Crippen LogP contribution in [0.1, 0.15) is 25.8 Å². The van der Waals surface area contributed by atoms with Crippen LogP contribution in [-0.4, -0.2) is 11.6 Å². The summed E-state index contributed by atoms with van der Waals surface area (Å²) in [6, 6.07) is 8.77. The highest BCUT2D eigenvalue weighted by Gasteiger charge is 2.08. The first kappa shape index (κ1) is 12.2. The molecule has 1 aromatic heterocycles. The lowest BCUT2D eigenvalue weighted by Gasteiger charge is -2.13. The Morgan fingerprint density at radius 3 is 2.82 bits per heavy atom. The summed E-state index contributed by atoms with van der Waals surface area (Å²) < 4.78 is 2.40. The van der Waals surface area contributed by atoms with Gasteiger partial charge in [0.1, 0.15) is 0 Å². The highest BCUT2D eigenvalue weighted by atomic mass is 15.0. The lowest BCUT2D eigenvalue weighted by molar-refractivity contribution is 0.477. The molecule has 1 atom stereocenters. The van der Waals surface area contributed by atoms with E-state index >= 15 is 0 Å². The van der Waals surface area contributed by atoms with Crippen LogP contribution in [0, 0.1) is 5.92 Å². The maximum absolute atomic E-state index is 3.25. The Morgan fingerprint density at radius 2 is 2.12 bits per heavy atom.